The van der Waals surface area contributed by atoms with Gasteiger partial charge >= 0.3 is 6.09 Å². The molecule has 0 saturated carbocycles. The summed E-state index contributed by atoms with van der Waals surface area (Å²) in [5, 5.41) is 14.2. The molecule has 1 aromatic carbocycles. The maximum atomic E-state index is 13.2. The van der Waals surface area contributed by atoms with Crippen molar-refractivity contribution in [3.8, 4) is 5.75 Å². The van der Waals surface area contributed by atoms with Gasteiger partial charge in [0.1, 0.15) is 5.75 Å². The Hall–Kier alpha value is -3.39. The van der Waals surface area contributed by atoms with E-state index < -0.39 is 12.0 Å². The first-order chi connectivity index (χ1) is 14.5. The lowest BCUT2D eigenvalue weighted by molar-refractivity contribution is -0.117. The van der Waals surface area contributed by atoms with Crippen LogP contribution in [0.2, 0.25) is 0 Å². The highest BCUT2D eigenvalue weighted by molar-refractivity contribution is 7.22. The van der Waals surface area contributed by atoms with Crippen LogP contribution in [-0.2, 0) is 9.53 Å². The molecule has 0 bridgehead atoms. The standard InChI is InChI=1S/C22H23N3O4S/c1-3-11-25(22(28)29-4-2)14-18(15-5-7-17(26)8-6-15)21(27)24-20-12-16-9-10-23-13-19(16)30-20/h3,5-10,12-13,18,26H,1,4,11,14H2,2H3,(H,24,27). The number of hydrogen-bond acceptors (Lipinski definition) is 6. The second-order valence-electron chi connectivity index (χ2n) is 6.55. The Kier molecular flexibility index (Phi) is 7.03. The molecule has 30 heavy (non-hydrogen) atoms. The highest BCUT2D eigenvalue weighted by Crippen LogP contribution is 2.30. The van der Waals surface area contributed by atoms with Gasteiger partial charge in [-0.1, -0.05) is 18.2 Å². The van der Waals surface area contributed by atoms with Gasteiger partial charge in [0.2, 0.25) is 5.91 Å². The van der Waals surface area contributed by atoms with Crippen molar-refractivity contribution in [2.24, 2.45) is 0 Å². The smallest absolute Gasteiger partial charge is 0.410 e. The number of anilines is 1. The number of hydrogen-bond donors (Lipinski definition) is 2. The van der Waals surface area contributed by atoms with Crippen molar-refractivity contribution >= 4 is 38.4 Å². The Morgan fingerprint density at radius 3 is 2.77 bits per heavy atom. The molecule has 0 saturated heterocycles. The summed E-state index contributed by atoms with van der Waals surface area (Å²) in [6.45, 7) is 6.00. The maximum Gasteiger partial charge on any atom is 0.410 e. The lowest BCUT2D eigenvalue weighted by Crippen LogP contribution is -2.38. The molecule has 1 unspecified atom stereocenters. The minimum atomic E-state index is -0.668. The summed E-state index contributed by atoms with van der Waals surface area (Å²) in [5.74, 6) is -0.833. The number of pyridine rings is 1. The molecule has 0 fully saturated rings. The summed E-state index contributed by atoms with van der Waals surface area (Å²) in [4.78, 5) is 31.1. The zero-order valence-electron chi connectivity index (χ0n) is 16.6. The molecule has 2 amide bonds. The number of carbonyl (C=O) groups excluding carboxylic acids is 2. The highest BCUT2D eigenvalue weighted by Gasteiger charge is 2.27. The van der Waals surface area contributed by atoms with Crippen molar-refractivity contribution in [3.63, 3.8) is 0 Å². The van der Waals surface area contributed by atoms with E-state index in [-0.39, 0.29) is 31.4 Å². The number of amides is 2. The molecule has 0 spiro atoms. The summed E-state index contributed by atoms with van der Waals surface area (Å²) in [7, 11) is 0. The number of ether oxygens (including phenoxy) is 1. The number of carbonyl (C=O) groups is 2. The Morgan fingerprint density at radius 1 is 1.33 bits per heavy atom. The third-order valence-corrected chi connectivity index (χ3v) is 5.46. The SMILES string of the molecule is C=CCN(CC(C(=O)Nc1cc2ccncc2s1)c1ccc(O)cc1)C(=O)OCC. The van der Waals surface area contributed by atoms with Crippen LogP contribution in [0.4, 0.5) is 9.80 Å². The molecule has 2 aromatic heterocycles. The van der Waals surface area contributed by atoms with Crippen LogP contribution in [-0.4, -0.2) is 46.7 Å². The van der Waals surface area contributed by atoms with Gasteiger partial charge in [0, 0.05) is 25.5 Å². The van der Waals surface area contributed by atoms with Gasteiger partial charge in [0.15, 0.2) is 0 Å². The van der Waals surface area contributed by atoms with E-state index >= 15 is 0 Å². The van der Waals surface area contributed by atoms with E-state index in [4.69, 9.17) is 4.74 Å². The van der Waals surface area contributed by atoms with Crippen molar-refractivity contribution in [1.82, 2.24) is 9.88 Å². The van der Waals surface area contributed by atoms with Crippen LogP contribution >= 0.6 is 11.3 Å². The molecule has 2 N–H and O–H groups in total. The summed E-state index contributed by atoms with van der Waals surface area (Å²) in [6, 6.07) is 10.1. The van der Waals surface area contributed by atoms with E-state index in [0.29, 0.717) is 10.6 Å². The van der Waals surface area contributed by atoms with Crippen LogP contribution in [0, 0.1) is 0 Å². The second kappa shape index (κ2) is 9.89. The van der Waals surface area contributed by atoms with E-state index in [0.717, 1.165) is 10.1 Å². The molecule has 0 radical (unpaired) electrons. The number of phenolic OH excluding ortho intramolecular Hbond substituents is 1. The van der Waals surface area contributed by atoms with Crippen molar-refractivity contribution in [1.29, 1.82) is 0 Å². The largest absolute Gasteiger partial charge is 0.508 e. The zero-order chi connectivity index (χ0) is 21.5. The molecular formula is C22H23N3O4S. The molecule has 156 valence electrons. The van der Waals surface area contributed by atoms with Gasteiger partial charge in [-0.2, -0.15) is 0 Å². The minimum absolute atomic E-state index is 0.100. The molecule has 3 aromatic rings. The van der Waals surface area contributed by atoms with Crippen LogP contribution in [0.1, 0.15) is 18.4 Å². The third kappa shape index (κ3) is 5.15. The van der Waals surface area contributed by atoms with Gasteiger partial charge < -0.3 is 20.1 Å². The van der Waals surface area contributed by atoms with Crippen LogP contribution in [0.15, 0.2) is 61.4 Å². The number of nitrogens with zero attached hydrogens (tertiary/aromatic N) is 2. The summed E-state index contributed by atoms with van der Waals surface area (Å²) < 4.78 is 6.08. The molecule has 0 aliphatic rings. The van der Waals surface area contributed by atoms with E-state index in [2.05, 4.69) is 16.9 Å². The number of aromatic nitrogens is 1. The molecule has 0 aliphatic heterocycles. The van der Waals surface area contributed by atoms with Crippen molar-refractivity contribution < 1.29 is 19.4 Å². The fourth-order valence-electron chi connectivity index (χ4n) is 3.02. The van der Waals surface area contributed by atoms with Gasteiger partial charge in [-0.05, 0) is 42.1 Å². The van der Waals surface area contributed by atoms with Crippen LogP contribution in [0.3, 0.4) is 0 Å². The zero-order valence-corrected chi connectivity index (χ0v) is 17.4. The van der Waals surface area contributed by atoms with Gasteiger partial charge in [-0.15, -0.1) is 17.9 Å². The number of nitrogens with one attached hydrogen (secondary N) is 1. The Labute approximate surface area is 178 Å². The van der Waals surface area contributed by atoms with E-state index in [1.165, 1.54) is 28.4 Å². The molecular weight excluding hydrogens is 402 g/mol. The van der Waals surface area contributed by atoms with E-state index in [1.807, 2.05) is 12.1 Å². The van der Waals surface area contributed by atoms with Gasteiger partial charge in [-0.3, -0.25) is 9.78 Å². The first kappa shape index (κ1) is 21.3. The number of phenols is 1. The first-order valence-corrected chi connectivity index (χ1v) is 10.3. The van der Waals surface area contributed by atoms with Crippen molar-refractivity contribution in [2.45, 2.75) is 12.8 Å². The lowest BCUT2D eigenvalue weighted by Gasteiger charge is -2.25. The summed E-state index contributed by atoms with van der Waals surface area (Å²) in [6.07, 6.45) is 4.52. The van der Waals surface area contributed by atoms with Gasteiger partial charge in [0.25, 0.3) is 0 Å². The number of rotatable bonds is 8. The van der Waals surface area contributed by atoms with Crippen LogP contribution in [0.25, 0.3) is 10.1 Å². The van der Waals surface area contributed by atoms with Crippen LogP contribution in [0.5, 0.6) is 5.75 Å². The number of aromatic hydroxyl groups is 1. The first-order valence-electron chi connectivity index (χ1n) is 9.47. The fourth-order valence-corrected chi connectivity index (χ4v) is 3.95. The molecule has 0 aliphatic carbocycles. The Balaban J connectivity index is 1.87. The van der Waals surface area contributed by atoms with E-state index in [1.54, 1.807) is 37.5 Å². The third-order valence-electron chi connectivity index (χ3n) is 4.46. The fraction of sp³-hybridized carbons (Fsp3) is 0.227. The highest BCUT2D eigenvalue weighted by atomic mass is 32.1. The van der Waals surface area contributed by atoms with Crippen molar-refractivity contribution in [3.05, 3.63) is 67.0 Å². The molecule has 8 heteroatoms. The van der Waals surface area contributed by atoms with Gasteiger partial charge in [0.05, 0.1) is 22.2 Å². The number of benzene rings is 1. The molecule has 1 atom stereocenters. The van der Waals surface area contributed by atoms with E-state index in [9.17, 15) is 14.7 Å². The quantitative estimate of drug-likeness (QED) is 0.523. The summed E-state index contributed by atoms with van der Waals surface area (Å²) in [5.41, 5.74) is 0.673. The monoisotopic (exact) mass is 425 g/mol. The second-order valence-corrected chi connectivity index (χ2v) is 7.63. The van der Waals surface area contributed by atoms with Crippen molar-refractivity contribution in [2.75, 3.05) is 25.0 Å². The molecule has 3 rings (SSSR count). The summed E-state index contributed by atoms with van der Waals surface area (Å²) >= 11 is 1.43. The number of fused-ring (bicyclic) bond motifs is 1. The Bertz CT molecular complexity index is 999. The lowest BCUT2D eigenvalue weighted by atomic mass is 9.97. The number of thiophene rings is 1. The van der Waals surface area contributed by atoms with Gasteiger partial charge in [-0.25, -0.2) is 4.79 Å². The van der Waals surface area contributed by atoms with Crippen LogP contribution < -0.4 is 5.32 Å². The Morgan fingerprint density at radius 2 is 2.10 bits per heavy atom. The minimum Gasteiger partial charge on any atom is -0.508 e. The topological polar surface area (TPSA) is 91.8 Å². The predicted octanol–water partition coefficient (Wildman–Crippen LogP) is 4.37. The molecule has 2 heterocycles. The predicted molar refractivity (Wildman–Crippen MR) is 118 cm³/mol. The average Bonchev–Trinajstić information content (AvgIpc) is 3.14. The normalized spacial score (nSPS) is 11.6. The average molecular weight is 426 g/mol. The molecule has 7 nitrogen and oxygen atoms in total. The maximum absolute atomic E-state index is 13.2.